The van der Waals surface area contributed by atoms with Gasteiger partial charge in [0.05, 0.1) is 0 Å². The van der Waals surface area contributed by atoms with Crippen LogP contribution in [0.3, 0.4) is 0 Å². The predicted octanol–water partition coefficient (Wildman–Crippen LogP) is 3.67. The Bertz CT molecular complexity index is 224. The zero-order valence-electron chi connectivity index (χ0n) is 10.7. The molecule has 0 saturated heterocycles. The molecular formula is C12H22F3NO. The monoisotopic (exact) mass is 253 g/mol. The number of hydroxylamine groups is 1. The average Bonchev–Trinajstić information content (AvgIpc) is 2.15. The molecule has 1 aliphatic rings. The summed E-state index contributed by atoms with van der Waals surface area (Å²) in [6, 6.07) is 0.0657. The van der Waals surface area contributed by atoms with Crippen molar-refractivity contribution in [2.75, 3.05) is 6.61 Å². The van der Waals surface area contributed by atoms with Crippen molar-refractivity contribution in [1.82, 2.24) is 5.48 Å². The number of halogens is 3. The molecule has 0 heterocycles. The van der Waals surface area contributed by atoms with E-state index in [2.05, 4.69) is 31.1 Å². The summed E-state index contributed by atoms with van der Waals surface area (Å²) >= 11 is 0. The lowest BCUT2D eigenvalue weighted by Gasteiger charge is -2.37. The fourth-order valence-corrected chi connectivity index (χ4v) is 2.32. The van der Waals surface area contributed by atoms with Crippen LogP contribution < -0.4 is 5.48 Å². The minimum absolute atomic E-state index is 0.0657. The van der Waals surface area contributed by atoms with Crippen molar-refractivity contribution < 1.29 is 18.0 Å². The molecule has 1 saturated carbocycles. The molecule has 1 rings (SSSR count). The molecule has 17 heavy (non-hydrogen) atoms. The van der Waals surface area contributed by atoms with Gasteiger partial charge in [0.15, 0.2) is 6.61 Å². The van der Waals surface area contributed by atoms with E-state index in [0.29, 0.717) is 5.92 Å². The molecule has 5 heteroatoms. The highest BCUT2D eigenvalue weighted by atomic mass is 19.4. The van der Waals surface area contributed by atoms with E-state index in [4.69, 9.17) is 0 Å². The van der Waals surface area contributed by atoms with Crippen LogP contribution in [-0.4, -0.2) is 18.8 Å². The number of rotatable bonds is 3. The molecule has 0 aromatic rings. The maximum absolute atomic E-state index is 11.9. The lowest BCUT2D eigenvalue weighted by Crippen LogP contribution is -2.37. The van der Waals surface area contributed by atoms with E-state index >= 15 is 0 Å². The maximum Gasteiger partial charge on any atom is 0.413 e. The molecule has 0 amide bonds. The second kappa shape index (κ2) is 5.57. The van der Waals surface area contributed by atoms with E-state index in [-0.39, 0.29) is 11.5 Å². The van der Waals surface area contributed by atoms with Gasteiger partial charge in [-0.1, -0.05) is 20.8 Å². The van der Waals surface area contributed by atoms with Crippen LogP contribution in [0.25, 0.3) is 0 Å². The van der Waals surface area contributed by atoms with Crippen molar-refractivity contribution in [2.45, 2.75) is 58.7 Å². The molecule has 0 unspecified atom stereocenters. The highest BCUT2D eigenvalue weighted by Crippen LogP contribution is 2.37. The Morgan fingerprint density at radius 2 is 1.59 bits per heavy atom. The van der Waals surface area contributed by atoms with Gasteiger partial charge in [0, 0.05) is 6.04 Å². The molecule has 0 bridgehead atoms. The van der Waals surface area contributed by atoms with Crippen LogP contribution in [0.1, 0.15) is 46.5 Å². The third kappa shape index (κ3) is 5.73. The number of nitrogens with one attached hydrogen (secondary N) is 1. The predicted molar refractivity (Wildman–Crippen MR) is 60.3 cm³/mol. The van der Waals surface area contributed by atoms with E-state index in [1.807, 2.05) is 0 Å². The fourth-order valence-electron chi connectivity index (χ4n) is 2.32. The quantitative estimate of drug-likeness (QED) is 0.775. The van der Waals surface area contributed by atoms with Crippen molar-refractivity contribution in [3.63, 3.8) is 0 Å². The van der Waals surface area contributed by atoms with Crippen LogP contribution in [0.2, 0.25) is 0 Å². The van der Waals surface area contributed by atoms with Crippen LogP contribution in [0, 0.1) is 11.3 Å². The molecule has 0 aliphatic heterocycles. The Morgan fingerprint density at radius 1 is 1.06 bits per heavy atom. The summed E-state index contributed by atoms with van der Waals surface area (Å²) in [4.78, 5) is 4.48. The van der Waals surface area contributed by atoms with Gasteiger partial charge in [0.25, 0.3) is 0 Å². The third-order valence-corrected chi connectivity index (χ3v) is 3.44. The fraction of sp³-hybridized carbons (Fsp3) is 1.00. The van der Waals surface area contributed by atoms with Crippen molar-refractivity contribution in [1.29, 1.82) is 0 Å². The summed E-state index contributed by atoms with van der Waals surface area (Å²) in [5.41, 5.74) is 2.82. The first-order valence-electron chi connectivity index (χ1n) is 6.12. The first-order valence-corrected chi connectivity index (χ1v) is 6.12. The summed E-state index contributed by atoms with van der Waals surface area (Å²) in [7, 11) is 0. The lowest BCUT2D eigenvalue weighted by atomic mass is 9.71. The van der Waals surface area contributed by atoms with E-state index in [9.17, 15) is 13.2 Å². The van der Waals surface area contributed by atoms with Gasteiger partial charge < -0.3 is 0 Å². The van der Waals surface area contributed by atoms with Crippen LogP contribution in [0.15, 0.2) is 0 Å². The second-order valence-electron chi connectivity index (χ2n) is 5.94. The molecule has 102 valence electrons. The molecule has 0 radical (unpaired) electrons. The Morgan fingerprint density at radius 3 is 2.00 bits per heavy atom. The van der Waals surface area contributed by atoms with Crippen molar-refractivity contribution in [3.05, 3.63) is 0 Å². The van der Waals surface area contributed by atoms with E-state index in [0.717, 1.165) is 25.7 Å². The average molecular weight is 253 g/mol. The van der Waals surface area contributed by atoms with Gasteiger partial charge in [-0.15, -0.1) is 0 Å². The van der Waals surface area contributed by atoms with Crippen molar-refractivity contribution in [3.8, 4) is 0 Å². The molecular weight excluding hydrogens is 231 g/mol. The van der Waals surface area contributed by atoms with Crippen LogP contribution in [0.5, 0.6) is 0 Å². The van der Waals surface area contributed by atoms with Gasteiger partial charge in [-0.25, -0.2) is 0 Å². The van der Waals surface area contributed by atoms with Crippen LogP contribution in [0.4, 0.5) is 13.2 Å². The number of hydrogen-bond donors (Lipinski definition) is 1. The van der Waals surface area contributed by atoms with Crippen molar-refractivity contribution in [2.24, 2.45) is 11.3 Å². The summed E-state index contributed by atoms with van der Waals surface area (Å²) < 4.78 is 35.6. The SMILES string of the molecule is CC(C)(C)C1CCC(NOCC(F)(F)F)CC1. The van der Waals surface area contributed by atoms with Crippen LogP contribution in [-0.2, 0) is 4.84 Å². The maximum atomic E-state index is 11.9. The number of alkyl halides is 3. The Labute approximate surface area is 101 Å². The van der Waals surface area contributed by atoms with Gasteiger partial charge in [-0.2, -0.15) is 18.7 Å². The Kier molecular flexibility index (Phi) is 4.84. The molecule has 1 fully saturated rings. The first-order chi connectivity index (χ1) is 7.68. The topological polar surface area (TPSA) is 21.3 Å². The van der Waals surface area contributed by atoms with Crippen molar-refractivity contribution >= 4 is 0 Å². The number of hydrogen-bond acceptors (Lipinski definition) is 2. The van der Waals surface area contributed by atoms with Gasteiger partial charge in [-0.05, 0) is 37.0 Å². The molecule has 2 nitrogen and oxygen atoms in total. The lowest BCUT2D eigenvalue weighted by molar-refractivity contribution is -0.194. The molecule has 1 N–H and O–H groups in total. The van der Waals surface area contributed by atoms with E-state index in [1.165, 1.54) is 0 Å². The summed E-state index contributed by atoms with van der Waals surface area (Å²) in [6.45, 7) is 5.43. The highest BCUT2D eigenvalue weighted by molar-refractivity contribution is 4.82. The smallest absolute Gasteiger partial charge is 0.292 e. The zero-order chi connectivity index (χ0) is 13.1. The summed E-state index contributed by atoms with van der Waals surface area (Å²) in [5, 5.41) is 0. The van der Waals surface area contributed by atoms with E-state index in [1.54, 1.807) is 0 Å². The minimum atomic E-state index is -4.25. The Balaban J connectivity index is 2.20. The standard InChI is InChI=1S/C12H22F3NO/c1-11(2,3)9-4-6-10(7-5-9)16-17-8-12(13,14)15/h9-10,16H,4-8H2,1-3H3. The first kappa shape index (κ1) is 14.8. The largest absolute Gasteiger partial charge is 0.413 e. The van der Waals surface area contributed by atoms with E-state index < -0.39 is 12.8 Å². The molecule has 1 aliphatic carbocycles. The molecule has 0 aromatic carbocycles. The summed E-state index contributed by atoms with van der Waals surface area (Å²) in [5.74, 6) is 0.656. The zero-order valence-corrected chi connectivity index (χ0v) is 10.7. The normalized spacial score (nSPS) is 27.2. The third-order valence-electron chi connectivity index (χ3n) is 3.44. The highest BCUT2D eigenvalue weighted by Gasteiger charge is 2.31. The van der Waals surface area contributed by atoms with Crippen LogP contribution >= 0.6 is 0 Å². The second-order valence-corrected chi connectivity index (χ2v) is 5.94. The van der Waals surface area contributed by atoms with Gasteiger partial charge in [-0.3, -0.25) is 4.84 Å². The molecule has 0 atom stereocenters. The summed E-state index contributed by atoms with van der Waals surface area (Å²) in [6.07, 6.45) is -0.373. The minimum Gasteiger partial charge on any atom is -0.292 e. The molecule has 0 aromatic heterocycles. The van der Waals surface area contributed by atoms with Gasteiger partial charge >= 0.3 is 6.18 Å². The molecule has 0 spiro atoms. The Hall–Kier alpha value is -0.290. The van der Waals surface area contributed by atoms with Gasteiger partial charge in [0.1, 0.15) is 0 Å². The van der Waals surface area contributed by atoms with Gasteiger partial charge in [0.2, 0.25) is 0 Å².